The van der Waals surface area contributed by atoms with Gasteiger partial charge in [-0.25, -0.2) is 29.9 Å². The Hall–Kier alpha value is -18.4. The highest BCUT2D eigenvalue weighted by Gasteiger charge is 2.30. The summed E-state index contributed by atoms with van der Waals surface area (Å²) in [6.07, 6.45) is 0. The van der Waals surface area contributed by atoms with Crippen LogP contribution in [0.4, 0.5) is 17.1 Å². The van der Waals surface area contributed by atoms with Crippen molar-refractivity contribution >= 4 is 180 Å². The molecule has 0 radical (unpaired) electrons. The Bertz CT molecular complexity index is 11000. The van der Waals surface area contributed by atoms with Crippen LogP contribution >= 0.6 is 0 Å². The molecule has 630 valence electrons. The van der Waals surface area contributed by atoms with Crippen molar-refractivity contribution in [3.63, 3.8) is 0 Å². The molecular weight excluding hydrogens is 1660 g/mol. The summed E-state index contributed by atoms with van der Waals surface area (Å²) in [5, 5.41) is 25.5. The van der Waals surface area contributed by atoms with Gasteiger partial charge in [-0.3, -0.25) is 0 Å². The van der Waals surface area contributed by atoms with E-state index in [-0.39, 0.29) is 11.1 Å². The minimum Gasteiger partial charge on any atom is -0.456 e. The molecule has 0 unspecified atom stereocenters. The van der Waals surface area contributed by atoms with Crippen LogP contribution in [0.25, 0.3) is 276 Å². The summed E-state index contributed by atoms with van der Waals surface area (Å²) in [5.74, 6) is 3.67. The second kappa shape index (κ2) is 30.6. The molecule has 25 aromatic carbocycles. The molecule has 0 saturated carbocycles. The maximum atomic E-state index is 9.95. The largest absolute Gasteiger partial charge is 0.456 e. The summed E-state index contributed by atoms with van der Waals surface area (Å²) in [6, 6.07) is 98.1. The molecule has 0 bridgehead atoms. The molecule has 0 aliphatic heterocycles. The molecule has 0 amide bonds. The fraction of sp³-hybridized carbons (Fsp3) is 0. The fourth-order valence-electron chi connectivity index (χ4n) is 20.4. The van der Waals surface area contributed by atoms with Crippen molar-refractivity contribution in [2.24, 2.45) is 0 Å². The molecule has 0 aliphatic carbocycles. The number of fused-ring (bicyclic) bond motifs is 3. The molecule has 30 aromatic rings. The Morgan fingerprint density at radius 3 is 1.10 bits per heavy atom. The van der Waals surface area contributed by atoms with Crippen molar-refractivity contribution in [2.45, 2.75) is 0 Å². The van der Waals surface area contributed by atoms with Crippen LogP contribution in [-0.2, 0) is 0 Å². The van der Waals surface area contributed by atoms with Crippen molar-refractivity contribution < 1.29 is 37.9 Å². The minimum atomic E-state index is -1.01. The lowest BCUT2D eigenvalue weighted by Crippen LogP contribution is -2.09. The predicted octanol–water partition coefficient (Wildman–Crippen LogP) is 34.3. The average molecular weight is 1750 g/mol. The summed E-state index contributed by atoms with van der Waals surface area (Å²) in [6.45, 7) is 0. The Balaban J connectivity index is 0.000000112. The van der Waals surface area contributed by atoms with E-state index in [0.717, 1.165) is 132 Å². The SMILES string of the molecule is [2H]c1c([2H])c([2H])c(-c2c([2H])c([2H])c(N(c3c([2H])c([2H])c([2H])c([2H])c3[2H])c3c([2H])c([2H])c([2H])c(-c4ccc5oc6ccc7ccc8cccc9c4c5c6c7c89)c3[2H])c([2H])c2[2H])c([2H])c1[2H].c1ccc(-c2ccc(-c3nc(-c4ccccc4)nc(-c4cc5ccc6cccc7c8cccc9oc4c(c98)c5c67)n3)cc2)cc1.c1ccc(-c2cccc(-c3nc(-c4ccccc4)nc(-c4cc5ccc6cccc7c8cccc9oc4c(c98)c5c67)n3)c2)cc1. The molecule has 0 atom stereocenters. The topological polar surface area (TPSA) is 120 Å². The molecule has 136 heavy (non-hydrogen) atoms. The Morgan fingerprint density at radius 2 is 0.544 bits per heavy atom. The van der Waals surface area contributed by atoms with Crippen LogP contribution in [0.2, 0.25) is 0 Å². The van der Waals surface area contributed by atoms with Crippen molar-refractivity contribution in [2.75, 3.05) is 4.90 Å². The van der Waals surface area contributed by atoms with E-state index in [9.17, 15) is 11.0 Å². The molecule has 0 N–H and O–H groups in total. The highest BCUT2D eigenvalue weighted by atomic mass is 16.3. The molecule has 0 spiro atoms. The number of rotatable bonds is 13. The highest BCUT2D eigenvalue weighted by molar-refractivity contribution is 6.44. The number of para-hydroxylation sites is 1. The first-order chi connectivity index (χ1) is 74.9. The van der Waals surface area contributed by atoms with E-state index < -0.39 is 137 Å². The molecule has 5 aromatic heterocycles. The van der Waals surface area contributed by atoms with E-state index in [1.165, 1.54) is 59.4 Å². The zero-order chi connectivity index (χ0) is 105. The Morgan fingerprint density at radius 1 is 0.184 bits per heavy atom. The van der Waals surface area contributed by atoms with Gasteiger partial charge in [0, 0.05) is 93.2 Å². The van der Waals surface area contributed by atoms with Gasteiger partial charge in [-0.15, -0.1) is 0 Å². The second-order valence-electron chi connectivity index (χ2n) is 33.9. The van der Waals surface area contributed by atoms with Crippen LogP contribution in [0.15, 0.2) is 456 Å². The fourth-order valence-corrected chi connectivity index (χ4v) is 20.4. The number of anilines is 3. The molecule has 5 heterocycles. The molecule has 10 nitrogen and oxygen atoms in total. The maximum Gasteiger partial charge on any atom is 0.167 e. The van der Waals surface area contributed by atoms with E-state index in [1.54, 1.807) is 12.1 Å². The van der Waals surface area contributed by atoms with Crippen LogP contribution in [-0.4, -0.2) is 29.9 Å². The minimum absolute atomic E-state index is 0.232. The van der Waals surface area contributed by atoms with Crippen LogP contribution in [0, 0.1) is 0 Å². The molecule has 10 heteroatoms. The van der Waals surface area contributed by atoms with E-state index in [0.29, 0.717) is 67.2 Å². The van der Waals surface area contributed by atoms with Gasteiger partial charge in [-0.1, -0.05) is 364 Å². The number of aromatic nitrogens is 6. The van der Waals surface area contributed by atoms with Gasteiger partial charge in [0.15, 0.2) is 34.9 Å². The van der Waals surface area contributed by atoms with E-state index in [4.69, 9.17) is 56.9 Å². The Labute approximate surface area is 803 Å². The van der Waals surface area contributed by atoms with Crippen molar-refractivity contribution in [1.29, 1.82) is 0 Å². The van der Waals surface area contributed by atoms with Crippen LogP contribution in [0.1, 0.15) is 24.7 Å². The number of benzene rings is 25. The molecular formula is C126H73N7O3. The van der Waals surface area contributed by atoms with Crippen LogP contribution in [0.3, 0.4) is 0 Å². The monoisotopic (exact) mass is 1750 g/mol. The summed E-state index contributed by atoms with van der Waals surface area (Å²) in [5.41, 5.74) is 10.7. The summed E-state index contributed by atoms with van der Waals surface area (Å²) >= 11 is 0. The van der Waals surface area contributed by atoms with Gasteiger partial charge < -0.3 is 18.2 Å². The summed E-state index contributed by atoms with van der Waals surface area (Å²) in [7, 11) is 0. The number of nitrogens with zero attached hydrogens (tertiary/aromatic N) is 7. The summed E-state index contributed by atoms with van der Waals surface area (Å²) < 4.78 is 180. The normalized spacial score (nSPS) is 13.8. The summed E-state index contributed by atoms with van der Waals surface area (Å²) in [4.78, 5) is 31.1. The van der Waals surface area contributed by atoms with Gasteiger partial charge in [0.2, 0.25) is 0 Å². The molecule has 0 saturated heterocycles. The van der Waals surface area contributed by atoms with E-state index in [1.807, 2.05) is 115 Å². The van der Waals surface area contributed by atoms with Crippen LogP contribution < -0.4 is 4.90 Å². The predicted molar refractivity (Wildman–Crippen MR) is 562 cm³/mol. The van der Waals surface area contributed by atoms with Gasteiger partial charge in [0.25, 0.3) is 0 Å². The van der Waals surface area contributed by atoms with Crippen molar-refractivity contribution in [1.82, 2.24) is 29.9 Å². The lowest BCUT2D eigenvalue weighted by Gasteiger charge is -2.26. The van der Waals surface area contributed by atoms with Crippen molar-refractivity contribution in [3.8, 4) is 113 Å². The van der Waals surface area contributed by atoms with Gasteiger partial charge in [-0.05, 0) is 199 Å². The first-order valence-corrected chi connectivity index (χ1v) is 44.5. The number of furan rings is 3. The van der Waals surface area contributed by atoms with E-state index >= 15 is 0 Å². The van der Waals surface area contributed by atoms with Gasteiger partial charge in [-0.2, -0.15) is 0 Å². The van der Waals surface area contributed by atoms with Gasteiger partial charge in [0.05, 0.1) is 35.8 Å². The molecule has 0 fully saturated rings. The van der Waals surface area contributed by atoms with Gasteiger partial charge >= 0.3 is 0 Å². The quantitative estimate of drug-likeness (QED) is 0.0815. The number of hydrogen-bond donors (Lipinski definition) is 0. The molecule has 30 rings (SSSR count). The lowest BCUT2D eigenvalue weighted by molar-refractivity contribution is 0.669. The second-order valence-corrected chi connectivity index (χ2v) is 33.9. The van der Waals surface area contributed by atoms with Crippen molar-refractivity contribution in [3.05, 3.63) is 442 Å². The first-order valence-electron chi connectivity index (χ1n) is 53.5. The zero-order valence-electron chi connectivity index (χ0n) is 89.6. The third kappa shape index (κ3) is 12.2. The lowest BCUT2D eigenvalue weighted by atomic mass is 9.86. The third-order valence-corrected chi connectivity index (χ3v) is 26.3. The van der Waals surface area contributed by atoms with Gasteiger partial charge in [0.1, 0.15) is 33.5 Å². The third-order valence-electron chi connectivity index (χ3n) is 26.3. The van der Waals surface area contributed by atoms with Crippen LogP contribution in [0.5, 0.6) is 0 Å². The zero-order valence-corrected chi connectivity index (χ0v) is 71.6. The highest BCUT2D eigenvalue weighted by Crippen LogP contribution is 2.54. The smallest absolute Gasteiger partial charge is 0.167 e. The average Bonchev–Trinajstić information content (AvgIpc) is 1.49. The maximum absolute atomic E-state index is 9.95. The molecule has 0 aliphatic rings. The first kappa shape index (κ1) is 60.5. The standard InChI is InChI=1S/C44H27NO.2C41H23N3O/c1-3-9-28(10-4-1)29-19-22-34(23-20-29)45(33-13-5-2-6-14-33)35-15-7-12-32(27-35)36-24-26-39-44-42(36)37-16-8-11-30-17-18-31-21-25-38(46-39)43(44)41(31)40(30)37;1-3-10-24(11-4-1)27-15-7-16-29(22-27)40-42-39(26-12-5-2-6-13-26)43-41(44-40)32-23-28-21-20-25-14-8-17-30-31-18-9-19-33-36(31)37(38(32)45-33)35(28)34(25)30;1-3-9-24(10-4-1)25-17-20-28(21-18-25)40-42-39(27-11-5-2-6-12-27)43-41(44-40)32-23-29-22-19-26-13-7-14-30-31-15-8-16-33-36(31)37(38(32)45-33)35(29)34(26)30/h1-27H;2*1-23H/i1D,2D,3D,4D,5D,6D,7D,9D,10D,12D,13D,14D,15D,19D,20D,22D,23D,27D;;. The van der Waals surface area contributed by atoms with E-state index in [2.05, 4.69) is 206 Å². The number of hydrogen-bond acceptors (Lipinski definition) is 10. The Kier molecular flexibility index (Phi) is 13.6.